The maximum absolute atomic E-state index is 13.1. The Morgan fingerprint density at radius 3 is 2.65 bits per heavy atom. The van der Waals surface area contributed by atoms with Gasteiger partial charge in [-0.3, -0.25) is 9.59 Å². The maximum atomic E-state index is 13.1. The third-order valence-electron chi connectivity index (χ3n) is 6.92. The zero-order valence-corrected chi connectivity index (χ0v) is 22.9. The van der Waals surface area contributed by atoms with Crippen molar-refractivity contribution in [3.8, 4) is 17.2 Å². The van der Waals surface area contributed by atoms with Gasteiger partial charge in [-0.15, -0.1) is 0 Å². The molecular formula is C29H39ClN2O5. The number of fused-ring (bicyclic) bond motifs is 1. The molecule has 2 aromatic rings. The molecule has 3 rings (SSSR count). The van der Waals surface area contributed by atoms with Crippen LogP contribution in [-0.2, 0) is 28.9 Å². The van der Waals surface area contributed by atoms with Gasteiger partial charge in [-0.2, -0.15) is 0 Å². The van der Waals surface area contributed by atoms with E-state index in [9.17, 15) is 14.7 Å². The third kappa shape index (κ3) is 7.78. The number of phenols is 1. The molecule has 2 N–H and O–H groups in total. The molecule has 0 heterocycles. The molecule has 0 unspecified atom stereocenters. The second-order valence-electron chi connectivity index (χ2n) is 9.55. The van der Waals surface area contributed by atoms with Crippen LogP contribution >= 0.6 is 11.6 Å². The number of aromatic hydroxyl groups is 1. The third-order valence-corrected chi connectivity index (χ3v) is 7.22. The van der Waals surface area contributed by atoms with E-state index in [-0.39, 0.29) is 35.0 Å². The number of amides is 2. The number of rotatable bonds is 13. The summed E-state index contributed by atoms with van der Waals surface area (Å²) in [6, 6.07) is 9.02. The van der Waals surface area contributed by atoms with Crippen LogP contribution in [0.3, 0.4) is 0 Å². The van der Waals surface area contributed by atoms with E-state index in [0.717, 1.165) is 68.6 Å². The van der Waals surface area contributed by atoms with Crippen molar-refractivity contribution in [2.75, 3.05) is 27.3 Å². The molecule has 37 heavy (non-hydrogen) atoms. The molecule has 0 fully saturated rings. The molecule has 8 heteroatoms. The number of hydrogen-bond donors (Lipinski definition) is 2. The lowest BCUT2D eigenvalue weighted by atomic mass is 9.86. The van der Waals surface area contributed by atoms with Crippen molar-refractivity contribution >= 4 is 23.4 Å². The summed E-state index contributed by atoms with van der Waals surface area (Å²) in [5.41, 5.74) is 3.18. The quantitative estimate of drug-likeness (QED) is 0.353. The minimum atomic E-state index is -0.0845. The van der Waals surface area contributed by atoms with Gasteiger partial charge in [-0.1, -0.05) is 37.1 Å². The number of halogens is 1. The number of unbranched alkanes of at least 4 members (excludes halogenated alkanes) is 2. The molecule has 0 saturated carbocycles. The van der Waals surface area contributed by atoms with Gasteiger partial charge in [0.1, 0.15) is 5.75 Å². The summed E-state index contributed by atoms with van der Waals surface area (Å²) in [5.74, 6) is 1.70. The van der Waals surface area contributed by atoms with Crippen LogP contribution in [0.2, 0.25) is 5.02 Å². The van der Waals surface area contributed by atoms with Crippen LogP contribution in [0.15, 0.2) is 30.3 Å². The zero-order chi connectivity index (χ0) is 26.8. The van der Waals surface area contributed by atoms with Crippen molar-refractivity contribution in [1.82, 2.24) is 10.2 Å². The molecule has 1 atom stereocenters. The van der Waals surface area contributed by atoms with Crippen LogP contribution in [0.1, 0.15) is 62.1 Å². The Morgan fingerprint density at radius 1 is 1.14 bits per heavy atom. The number of hydrogen-bond acceptors (Lipinski definition) is 5. The van der Waals surface area contributed by atoms with Gasteiger partial charge in [0.15, 0.2) is 11.5 Å². The molecule has 2 amide bonds. The summed E-state index contributed by atoms with van der Waals surface area (Å²) < 4.78 is 11.1. The van der Waals surface area contributed by atoms with Gasteiger partial charge < -0.3 is 24.8 Å². The highest BCUT2D eigenvalue weighted by Crippen LogP contribution is 2.38. The summed E-state index contributed by atoms with van der Waals surface area (Å²) >= 11 is 5.90. The van der Waals surface area contributed by atoms with Gasteiger partial charge in [0.05, 0.1) is 25.7 Å². The smallest absolute Gasteiger partial charge is 0.224 e. The van der Waals surface area contributed by atoms with Crippen LogP contribution < -0.4 is 14.8 Å². The molecule has 0 aromatic heterocycles. The first-order valence-electron chi connectivity index (χ1n) is 13.1. The molecule has 1 aliphatic carbocycles. The Morgan fingerprint density at radius 2 is 1.95 bits per heavy atom. The lowest BCUT2D eigenvalue weighted by molar-refractivity contribution is -0.134. The summed E-state index contributed by atoms with van der Waals surface area (Å²) in [5, 5.41) is 12.6. The Labute approximate surface area is 225 Å². The summed E-state index contributed by atoms with van der Waals surface area (Å²) in [4.78, 5) is 27.4. The van der Waals surface area contributed by atoms with Crippen LogP contribution in [-0.4, -0.2) is 55.2 Å². The van der Waals surface area contributed by atoms with Crippen molar-refractivity contribution in [3.05, 3.63) is 52.0 Å². The summed E-state index contributed by atoms with van der Waals surface area (Å²) in [6.45, 7) is 3.45. The van der Waals surface area contributed by atoms with Gasteiger partial charge >= 0.3 is 0 Å². The van der Waals surface area contributed by atoms with E-state index in [1.807, 2.05) is 6.07 Å². The van der Waals surface area contributed by atoms with E-state index >= 15 is 0 Å². The second-order valence-corrected chi connectivity index (χ2v) is 9.95. The lowest BCUT2D eigenvalue weighted by Gasteiger charge is -2.36. The van der Waals surface area contributed by atoms with E-state index in [1.54, 1.807) is 26.4 Å². The predicted octanol–water partition coefficient (Wildman–Crippen LogP) is 5.08. The average Bonchev–Trinajstić information content (AvgIpc) is 2.90. The fourth-order valence-corrected chi connectivity index (χ4v) is 5.24. The Balaban J connectivity index is 1.42. The average molecular weight is 531 g/mol. The number of methoxy groups -OCH3 is 2. The Bertz CT molecular complexity index is 1070. The molecule has 0 bridgehead atoms. The SMILES string of the molecule is CCCN(C(=O)CCCCCNC(=O)Cc1ccc(O)c(Cl)c1)[C@H]1CCc2c(ccc(OC)c2OC)C1. The van der Waals surface area contributed by atoms with Crippen molar-refractivity contribution in [2.45, 2.75) is 70.8 Å². The van der Waals surface area contributed by atoms with E-state index in [2.05, 4.69) is 23.2 Å². The fourth-order valence-electron chi connectivity index (χ4n) is 5.04. The van der Waals surface area contributed by atoms with Crippen LogP contribution in [0, 0.1) is 0 Å². The van der Waals surface area contributed by atoms with Crippen molar-refractivity contribution in [2.24, 2.45) is 0 Å². The number of carbonyl (C=O) groups excluding carboxylic acids is 2. The van der Waals surface area contributed by atoms with E-state index in [4.69, 9.17) is 21.1 Å². The molecule has 0 radical (unpaired) electrons. The second kappa shape index (κ2) is 14.1. The van der Waals surface area contributed by atoms with E-state index < -0.39 is 0 Å². The molecule has 2 aromatic carbocycles. The zero-order valence-electron chi connectivity index (χ0n) is 22.1. The highest BCUT2D eigenvalue weighted by molar-refractivity contribution is 6.32. The van der Waals surface area contributed by atoms with Gasteiger partial charge in [0, 0.05) is 31.1 Å². The molecule has 7 nitrogen and oxygen atoms in total. The molecule has 202 valence electrons. The molecule has 0 spiro atoms. The van der Waals surface area contributed by atoms with Gasteiger partial charge in [0.2, 0.25) is 11.8 Å². The maximum Gasteiger partial charge on any atom is 0.224 e. The van der Waals surface area contributed by atoms with E-state index in [1.165, 1.54) is 17.2 Å². The van der Waals surface area contributed by atoms with Crippen LogP contribution in [0.25, 0.3) is 0 Å². The van der Waals surface area contributed by atoms with Gasteiger partial charge in [-0.25, -0.2) is 0 Å². The first-order chi connectivity index (χ1) is 17.9. The van der Waals surface area contributed by atoms with Crippen LogP contribution in [0.4, 0.5) is 0 Å². The minimum Gasteiger partial charge on any atom is -0.506 e. The number of nitrogens with one attached hydrogen (secondary N) is 1. The lowest BCUT2D eigenvalue weighted by Crippen LogP contribution is -2.43. The first-order valence-corrected chi connectivity index (χ1v) is 13.5. The summed E-state index contributed by atoms with van der Waals surface area (Å²) in [7, 11) is 3.33. The number of ether oxygens (including phenoxy) is 2. The largest absolute Gasteiger partial charge is 0.506 e. The minimum absolute atomic E-state index is 0.00655. The van der Waals surface area contributed by atoms with Crippen LogP contribution in [0.5, 0.6) is 17.2 Å². The first kappa shape index (κ1) is 28.6. The molecule has 1 aliphatic rings. The number of nitrogens with zero attached hydrogens (tertiary/aromatic N) is 1. The normalized spacial score (nSPS) is 14.5. The topological polar surface area (TPSA) is 88.1 Å². The predicted molar refractivity (Wildman–Crippen MR) is 146 cm³/mol. The van der Waals surface area contributed by atoms with Crippen molar-refractivity contribution < 1.29 is 24.2 Å². The number of phenolic OH excluding ortho intramolecular Hbond substituents is 1. The molecule has 0 saturated heterocycles. The van der Waals surface area contributed by atoms with Crippen molar-refractivity contribution in [3.63, 3.8) is 0 Å². The van der Waals surface area contributed by atoms with Gasteiger partial charge in [0.25, 0.3) is 0 Å². The Kier molecular flexibility index (Phi) is 10.9. The highest BCUT2D eigenvalue weighted by atomic mass is 35.5. The molecular weight excluding hydrogens is 492 g/mol. The number of benzene rings is 2. The molecule has 0 aliphatic heterocycles. The Hall–Kier alpha value is -2.93. The fraction of sp³-hybridized carbons (Fsp3) is 0.517. The van der Waals surface area contributed by atoms with E-state index in [0.29, 0.717) is 13.0 Å². The summed E-state index contributed by atoms with van der Waals surface area (Å²) in [6.07, 6.45) is 6.78. The van der Waals surface area contributed by atoms with Gasteiger partial charge in [-0.05, 0) is 67.9 Å². The highest BCUT2D eigenvalue weighted by Gasteiger charge is 2.29. The van der Waals surface area contributed by atoms with Crippen molar-refractivity contribution in [1.29, 1.82) is 0 Å². The number of carbonyl (C=O) groups is 2. The monoisotopic (exact) mass is 530 g/mol. The standard InChI is InChI=1S/C29H39ClN2O5/c1-4-16-32(22-11-12-23-21(19-22)10-14-26(36-2)29(23)37-3)28(35)8-6-5-7-15-31-27(34)18-20-9-13-25(33)24(30)17-20/h9-10,13-14,17,22,33H,4-8,11-12,15-16,18-19H2,1-3H3,(H,31,34)/t22-/m0/s1.